The van der Waals surface area contributed by atoms with Crippen molar-refractivity contribution < 1.29 is 19.7 Å². The fourth-order valence-corrected chi connectivity index (χ4v) is 1.35. The second-order valence-electron chi connectivity index (χ2n) is 3.67. The van der Waals surface area contributed by atoms with Gasteiger partial charge in [0.1, 0.15) is 0 Å². The number of phenols is 2. The van der Waals surface area contributed by atoms with E-state index in [-0.39, 0.29) is 17.4 Å². The van der Waals surface area contributed by atoms with Crippen LogP contribution < -0.4 is 5.32 Å². The van der Waals surface area contributed by atoms with Gasteiger partial charge in [-0.2, -0.15) is 0 Å². The van der Waals surface area contributed by atoms with Crippen molar-refractivity contribution in [3.8, 4) is 11.5 Å². The number of hydrogen-bond donors (Lipinski definition) is 3. The lowest BCUT2D eigenvalue weighted by atomic mass is 10.1. The third-order valence-corrected chi connectivity index (χ3v) is 2.31. The first-order valence-corrected chi connectivity index (χ1v) is 5.40. The summed E-state index contributed by atoms with van der Waals surface area (Å²) in [5.74, 6) is -0.346. The molecule has 0 aliphatic carbocycles. The SMILES string of the molecule is COCCC(=O)NCCc1ccc(O)c(O)c1. The molecule has 5 nitrogen and oxygen atoms in total. The van der Waals surface area contributed by atoms with Crippen LogP contribution in [0.2, 0.25) is 0 Å². The van der Waals surface area contributed by atoms with Gasteiger partial charge in [0.25, 0.3) is 0 Å². The highest BCUT2D eigenvalue weighted by molar-refractivity contribution is 5.75. The van der Waals surface area contributed by atoms with E-state index in [4.69, 9.17) is 9.84 Å². The molecule has 0 saturated carbocycles. The number of hydrogen-bond acceptors (Lipinski definition) is 4. The number of carbonyl (C=O) groups is 1. The average molecular weight is 239 g/mol. The lowest BCUT2D eigenvalue weighted by Gasteiger charge is -2.06. The van der Waals surface area contributed by atoms with E-state index < -0.39 is 0 Å². The zero-order valence-corrected chi connectivity index (χ0v) is 9.77. The molecule has 0 radical (unpaired) electrons. The van der Waals surface area contributed by atoms with E-state index in [0.717, 1.165) is 5.56 Å². The van der Waals surface area contributed by atoms with Gasteiger partial charge in [-0.3, -0.25) is 4.79 Å². The molecule has 0 aliphatic rings. The molecule has 1 aromatic carbocycles. The van der Waals surface area contributed by atoms with E-state index in [0.29, 0.717) is 26.0 Å². The van der Waals surface area contributed by atoms with Gasteiger partial charge in [-0.05, 0) is 24.1 Å². The maximum atomic E-state index is 11.2. The van der Waals surface area contributed by atoms with Crippen molar-refractivity contribution in [2.75, 3.05) is 20.3 Å². The highest BCUT2D eigenvalue weighted by atomic mass is 16.5. The Balaban J connectivity index is 2.30. The van der Waals surface area contributed by atoms with Crippen LogP contribution in [0.3, 0.4) is 0 Å². The molecule has 0 bridgehead atoms. The van der Waals surface area contributed by atoms with Crippen LogP contribution in [0, 0.1) is 0 Å². The Labute approximate surface area is 100 Å². The summed E-state index contributed by atoms with van der Waals surface area (Å²) >= 11 is 0. The quantitative estimate of drug-likeness (QED) is 0.641. The number of amides is 1. The summed E-state index contributed by atoms with van der Waals surface area (Å²) in [5.41, 5.74) is 0.854. The molecule has 0 saturated heterocycles. The van der Waals surface area contributed by atoms with Crippen LogP contribution in [0.4, 0.5) is 0 Å². The van der Waals surface area contributed by atoms with Gasteiger partial charge in [-0.25, -0.2) is 0 Å². The van der Waals surface area contributed by atoms with E-state index >= 15 is 0 Å². The summed E-state index contributed by atoms with van der Waals surface area (Å²) in [7, 11) is 1.55. The maximum Gasteiger partial charge on any atom is 0.222 e. The van der Waals surface area contributed by atoms with E-state index in [1.807, 2.05) is 0 Å². The van der Waals surface area contributed by atoms with Gasteiger partial charge in [0.05, 0.1) is 6.61 Å². The number of rotatable bonds is 6. The molecule has 0 heterocycles. The molecular formula is C12H17NO4. The molecule has 0 spiro atoms. The van der Waals surface area contributed by atoms with Gasteiger partial charge >= 0.3 is 0 Å². The molecule has 17 heavy (non-hydrogen) atoms. The molecular weight excluding hydrogens is 222 g/mol. The van der Waals surface area contributed by atoms with E-state index in [1.54, 1.807) is 13.2 Å². The van der Waals surface area contributed by atoms with Gasteiger partial charge in [-0.1, -0.05) is 6.07 Å². The first-order chi connectivity index (χ1) is 8.13. The summed E-state index contributed by atoms with van der Waals surface area (Å²) in [5, 5.41) is 21.1. The van der Waals surface area contributed by atoms with Crippen molar-refractivity contribution in [2.45, 2.75) is 12.8 Å². The van der Waals surface area contributed by atoms with Crippen molar-refractivity contribution >= 4 is 5.91 Å². The Morgan fingerprint density at radius 1 is 1.35 bits per heavy atom. The zero-order valence-electron chi connectivity index (χ0n) is 9.77. The van der Waals surface area contributed by atoms with Gasteiger partial charge in [-0.15, -0.1) is 0 Å². The first kappa shape index (κ1) is 13.3. The van der Waals surface area contributed by atoms with E-state index in [1.165, 1.54) is 12.1 Å². The first-order valence-electron chi connectivity index (χ1n) is 5.40. The Morgan fingerprint density at radius 3 is 2.76 bits per heavy atom. The molecule has 3 N–H and O–H groups in total. The Morgan fingerprint density at radius 2 is 2.12 bits per heavy atom. The number of carbonyl (C=O) groups excluding carboxylic acids is 1. The fraction of sp³-hybridized carbons (Fsp3) is 0.417. The minimum atomic E-state index is -0.145. The summed E-state index contributed by atoms with van der Waals surface area (Å²) < 4.78 is 4.78. The minimum Gasteiger partial charge on any atom is -0.504 e. The van der Waals surface area contributed by atoms with Crippen LogP contribution in [0.15, 0.2) is 18.2 Å². The maximum absolute atomic E-state index is 11.2. The van der Waals surface area contributed by atoms with Crippen LogP contribution in [0.1, 0.15) is 12.0 Å². The Hall–Kier alpha value is -1.75. The number of ether oxygens (including phenoxy) is 1. The highest BCUT2D eigenvalue weighted by Crippen LogP contribution is 2.24. The lowest BCUT2D eigenvalue weighted by molar-refractivity contribution is -0.121. The van der Waals surface area contributed by atoms with Crippen molar-refractivity contribution in [1.29, 1.82) is 0 Å². The summed E-state index contributed by atoms with van der Waals surface area (Å²) in [6, 6.07) is 4.62. The predicted molar refractivity (Wildman–Crippen MR) is 63.0 cm³/mol. The smallest absolute Gasteiger partial charge is 0.222 e. The zero-order chi connectivity index (χ0) is 12.7. The molecule has 0 atom stereocenters. The second-order valence-corrected chi connectivity index (χ2v) is 3.67. The predicted octanol–water partition coefficient (Wildman–Crippen LogP) is 0.793. The van der Waals surface area contributed by atoms with Gasteiger partial charge in [0.15, 0.2) is 11.5 Å². The van der Waals surface area contributed by atoms with Crippen LogP contribution in [0.25, 0.3) is 0 Å². The molecule has 5 heteroatoms. The standard InChI is InChI=1S/C12H17NO4/c1-17-7-5-12(16)13-6-4-9-2-3-10(14)11(15)8-9/h2-3,8,14-15H,4-7H2,1H3,(H,13,16). The average Bonchev–Trinajstić information content (AvgIpc) is 2.31. The molecule has 1 rings (SSSR count). The van der Waals surface area contributed by atoms with Crippen LogP contribution in [0.5, 0.6) is 11.5 Å². The number of nitrogens with one attached hydrogen (secondary N) is 1. The molecule has 0 unspecified atom stereocenters. The van der Waals surface area contributed by atoms with Crippen LogP contribution in [-0.2, 0) is 16.0 Å². The van der Waals surface area contributed by atoms with Gasteiger partial charge in [0, 0.05) is 20.1 Å². The number of methoxy groups -OCH3 is 1. The van der Waals surface area contributed by atoms with Crippen LogP contribution in [-0.4, -0.2) is 36.4 Å². The molecule has 94 valence electrons. The second kappa shape index (κ2) is 6.75. The van der Waals surface area contributed by atoms with Crippen molar-refractivity contribution in [3.63, 3.8) is 0 Å². The van der Waals surface area contributed by atoms with Crippen molar-refractivity contribution in [2.24, 2.45) is 0 Å². The van der Waals surface area contributed by atoms with Crippen molar-refractivity contribution in [3.05, 3.63) is 23.8 Å². The highest BCUT2D eigenvalue weighted by Gasteiger charge is 2.02. The normalized spacial score (nSPS) is 10.2. The third-order valence-electron chi connectivity index (χ3n) is 2.31. The van der Waals surface area contributed by atoms with E-state index in [9.17, 15) is 9.90 Å². The van der Waals surface area contributed by atoms with Gasteiger partial charge in [0.2, 0.25) is 5.91 Å². The third kappa shape index (κ3) is 4.74. The monoisotopic (exact) mass is 239 g/mol. The number of aromatic hydroxyl groups is 2. The number of phenolic OH excluding ortho intramolecular Hbond substituents is 2. The number of benzene rings is 1. The minimum absolute atomic E-state index is 0.0603. The molecule has 0 fully saturated rings. The summed E-state index contributed by atoms with van der Waals surface area (Å²) in [6.07, 6.45) is 0.948. The summed E-state index contributed by atoms with van der Waals surface area (Å²) in [6.45, 7) is 0.901. The lowest BCUT2D eigenvalue weighted by Crippen LogP contribution is -2.26. The van der Waals surface area contributed by atoms with Crippen molar-refractivity contribution in [1.82, 2.24) is 5.32 Å². The van der Waals surface area contributed by atoms with Crippen LogP contribution >= 0.6 is 0 Å². The van der Waals surface area contributed by atoms with Gasteiger partial charge < -0.3 is 20.3 Å². The molecule has 0 aromatic heterocycles. The molecule has 1 aromatic rings. The topological polar surface area (TPSA) is 78.8 Å². The Bertz CT molecular complexity index is 379. The summed E-state index contributed by atoms with van der Waals surface area (Å²) in [4.78, 5) is 11.2. The fourth-order valence-electron chi connectivity index (χ4n) is 1.35. The molecule has 0 aliphatic heterocycles. The Kier molecular flexibility index (Phi) is 5.29. The molecule has 1 amide bonds. The largest absolute Gasteiger partial charge is 0.504 e. The van der Waals surface area contributed by atoms with E-state index in [2.05, 4.69) is 5.32 Å².